The standard InChI is InChI=1S/C11H7BrN4O4S/c12-7-3-5(16(19)20)1-2-8(7)13-4-6-9(17)14-11(21)15-10(6)18/h1-4H,(H3,14,15,17,18,21). The molecule has 2 aromatic rings. The summed E-state index contributed by atoms with van der Waals surface area (Å²) in [4.78, 5) is 30.4. The van der Waals surface area contributed by atoms with Crippen LogP contribution in [0.1, 0.15) is 5.56 Å². The highest BCUT2D eigenvalue weighted by Crippen LogP contribution is 2.29. The van der Waals surface area contributed by atoms with Crippen molar-refractivity contribution in [2.24, 2.45) is 4.99 Å². The number of aromatic amines is 2. The van der Waals surface area contributed by atoms with Crippen molar-refractivity contribution in [1.82, 2.24) is 9.97 Å². The molecule has 0 radical (unpaired) electrons. The van der Waals surface area contributed by atoms with Gasteiger partial charge in [0, 0.05) is 22.8 Å². The summed E-state index contributed by atoms with van der Waals surface area (Å²) < 4.78 is 0.374. The first-order chi connectivity index (χ1) is 9.88. The van der Waals surface area contributed by atoms with Crippen molar-refractivity contribution < 1.29 is 10.0 Å². The number of nitrogens with zero attached hydrogens (tertiary/aromatic N) is 2. The fourth-order valence-electron chi connectivity index (χ4n) is 1.45. The molecule has 0 atom stereocenters. The van der Waals surface area contributed by atoms with Gasteiger partial charge in [0.1, 0.15) is 5.56 Å². The molecule has 0 spiro atoms. The van der Waals surface area contributed by atoms with E-state index in [4.69, 9.17) is 12.2 Å². The molecule has 0 fully saturated rings. The molecule has 0 aliphatic heterocycles. The van der Waals surface area contributed by atoms with Crippen molar-refractivity contribution in [3.05, 3.63) is 53.5 Å². The molecule has 0 amide bonds. The van der Waals surface area contributed by atoms with E-state index < -0.39 is 16.4 Å². The lowest BCUT2D eigenvalue weighted by Gasteiger charge is -1.99. The van der Waals surface area contributed by atoms with Crippen molar-refractivity contribution in [2.45, 2.75) is 0 Å². The summed E-state index contributed by atoms with van der Waals surface area (Å²) >= 11 is 7.84. The van der Waals surface area contributed by atoms with Crippen LogP contribution in [0.15, 0.2) is 32.5 Å². The van der Waals surface area contributed by atoms with Gasteiger partial charge in [-0.2, -0.15) is 0 Å². The lowest BCUT2D eigenvalue weighted by atomic mass is 10.3. The highest BCUT2D eigenvalue weighted by atomic mass is 79.9. The number of rotatable bonds is 3. The van der Waals surface area contributed by atoms with Crippen LogP contribution in [0.5, 0.6) is 5.88 Å². The van der Waals surface area contributed by atoms with Crippen LogP contribution in [0, 0.1) is 14.9 Å². The smallest absolute Gasteiger partial charge is 0.270 e. The third kappa shape index (κ3) is 3.41. The van der Waals surface area contributed by atoms with Gasteiger partial charge in [-0.3, -0.25) is 24.9 Å². The van der Waals surface area contributed by atoms with Gasteiger partial charge in [-0.15, -0.1) is 0 Å². The van der Waals surface area contributed by atoms with Crippen molar-refractivity contribution in [3.63, 3.8) is 0 Å². The molecule has 0 aliphatic rings. The van der Waals surface area contributed by atoms with E-state index in [0.717, 1.165) is 6.21 Å². The fraction of sp³-hybridized carbons (Fsp3) is 0. The largest absolute Gasteiger partial charge is 0.494 e. The number of halogens is 1. The summed E-state index contributed by atoms with van der Waals surface area (Å²) in [5, 5.41) is 20.2. The number of hydrogen-bond donors (Lipinski definition) is 3. The fourth-order valence-corrected chi connectivity index (χ4v) is 2.11. The van der Waals surface area contributed by atoms with Crippen molar-refractivity contribution >= 4 is 45.7 Å². The van der Waals surface area contributed by atoms with Gasteiger partial charge in [-0.05, 0) is 34.2 Å². The summed E-state index contributed by atoms with van der Waals surface area (Å²) in [6.07, 6.45) is 1.13. The third-order valence-electron chi connectivity index (χ3n) is 2.43. The summed E-state index contributed by atoms with van der Waals surface area (Å²) in [5.41, 5.74) is -0.431. The summed E-state index contributed by atoms with van der Waals surface area (Å²) in [7, 11) is 0. The topological polar surface area (TPSA) is 124 Å². The Labute approximate surface area is 130 Å². The van der Waals surface area contributed by atoms with E-state index in [9.17, 15) is 20.0 Å². The predicted molar refractivity (Wildman–Crippen MR) is 82.0 cm³/mol. The molecule has 1 heterocycles. The van der Waals surface area contributed by atoms with E-state index in [1.807, 2.05) is 0 Å². The Morgan fingerprint density at radius 2 is 2.14 bits per heavy atom. The SMILES string of the molecule is O=c1[nH]c(=S)[nH]c(O)c1C=Nc1ccc([N+](=O)[O-])cc1Br. The second-order valence-corrected chi connectivity index (χ2v) is 5.08. The van der Waals surface area contributed by atoms with Gasteiger partial charge in [0.15, 0.2) is 4.77 Å². The molecular weight excluding hydrogens is 364 g/mol. The third-order valence-corrected chi connectivity index (χ3v) is 3.27. The van der Waals surface area contributed by atoms with Crippen LogP contribution in [0.4, 0.5) is 11.4 Å². The average Bonchev–Trinajstić information content (AvgIpc) is 2.38. The zero-order chi connectivity index (χ0) is 15.6. The predicted octanol–water partition coefficient (Wildman–Crippen LogP) is 2.56. The summed E-state index contributed by atoms with van der Waals surface area (Å²) in [6, 6.07) is 3.98. The molecule has 2 rings (SSSR count). The Morgan fingerprint density at radius 1 is 1.43 bits per heavy atom. The molecule has 0 saturated carbocycles. The van der Waals surface area contributed by atoms with E-state index >= 15 is 0 Å². The monoisotopic (exact) mass is 370 g/mol. The summed E-state index contributed by atoms with van der Waals surface area (Å²) in [5.74, 6) is -0.412. The first-order valence-corrected chi connectivity index (χ1v) is 6.62. The number of benzene rings is 1. The van der Waals surface area contributed by atoms with Gasteiger partial charge in [0.25, 0.3) is 11.2 Å². The van der Waals surface area contributed by atoms with E-state index in [2.05, 4.69) is 30.9 Å². The number of nitro groups is 1. The van der Waals surface area contributed by atoms with Crippen LogP contribution in [-0.4, -0.2) is 26.2 Å². The Balaban J connectivity index is 2.41. The summed E-state index contributed by atoms with van der Waals surface area (Å²) in [6.45, 7) is 0. The Kier molecular flexibility index (Phi) is 4.29. The number of nitrogens with one attached hydrogen (secondary N) is 2. The Hall–Kier alpha value is -2.33. The Morgan fingerprint density at radius 3 is 2.71 bits per heavy atom. The zero-order valence-electron chi connectivity index (χ0n) is 10.2. The number of aromatic nitrogens is 2. The van der Waals surface area contributed by atoms with E-state index in [0.29, 0.717) is 10.2 Å². The molecule has 3 N–H and O–H groups in total. The second-order valence-electron chi connectivity index (χ2n) is 3.82. The highest BCUT2D eigenvalue weighted by Gasteiger charge is 2.09. The normalized spacial score (nSPS) is 10.9. The van der Waals surface area contributed by atoms with Gasteiger partial charge in [-0.25, -0.2) is 0 Å². The molecule has 0 unspecified atom stereocenters. The number of aliphatic imine (C=N–C) groups is 1. The van der Waals surface area contributed by atoms with Gasteiger partial charge in [0.05, 0.1) is 10.6 Å². The van der Waals surface area contributed by atoms with Crippen molar-refractivity contribution in [3.8, 4) is 5.88 Å². The van der Waals surface area contributed by atoms with Crippen LogP contribution in [0.3, 0.4) is 0 Å². The zero-order valence-corrected chi connectivity index (χ0v) is 12.6. The number of nitro benzene ring substituents is 1. The number of H-pyrrole nitrogens is 2. The minimum atomic E-state index is -0.599. The minimum absolute atomic E-state index is 0.00818. The number of non-ortho nitro benzene ring substituents is 1. The maximum absolute atomic E-state index is 11.6. The number of hydrogen-bond acceptors (Lipinski definition) is 6. The molecule has 0 saturated heterocycles. The lowest BCUT2D eigenvalue weighted by molar-refractivity contribution is -0.384. The lowest BCUT2D eigenvalue weighted by Crippen LogP contribution is -2.13. The molecular formula is C11H7BrN4O4S. The first-order valence-electron chi connectivity index (χ1n) is 5.42. The van der Waals surface area contributed by atoms with Crippen LogP contribution in [-0.2, 0) is 0 Å². The molecule has 10 heteroatoms. The van der Waals surface area contributed by atoms with Crippen molar-refractivity contribution in [1.29, 1.82) is 0 Å². The minimum Gasteiger partial charge on any atom is -0.494 e. The molecule has 0 aliphatic carbocycles. The number of aromatic hydroxyl groups is 1. The molecule has 108 valence electrons. The molecule has 1 aromatic heterocycles. The van der Waals surface area contributed by atoms with Gasteiger partial charge < -0.3 is 10.1 Å². The quantitative estimate of drug-likeness (QED) is 0.331. The van der Waals surface area contributed by atoms with Crippen molar-refractivity contribution in [2.75, 3.05) is 0 Å². The Bertz CT molecular complexity index is 858. The maximum atomic E-state index is 11.6. The average molecular weight is 371 g/mol. The highest BCUT2D eigenvalue weighted by molar-refractivity contribution is 9.10. The van der Waals surface area contributed by atoms with E-state index in [1.165, 1.54) is 18.2 Å². The van der Waals surface area contributed by atoms with Gasteiger partial charge in [-0.1, -0.05) is 0 Å². The molecule has 8 nitrogen and oxygen atoms in total. The van der Waals surface area contributed by atoms with E-state index in [1.54, 1.807) is 0 Å². The molecule has 1 aromatic carbocycles. The second kappa shape index (κ2) is 5.97. The molecule has 21 heavy (non-hydrogen) atoms. The maximum Gasteiger partial charge on any atom is 0.270 e. The van der Waals surface area contributed by atoms with Gasteiger partial charge in [0.2, 0.25) is 5.88 Å². The first kappa shape index (κ1) is 15.1. The van der Waals surface area contributed by atoms with E-state index in [-0.39, 0.29) is 16.0 Å². The van der Waals surface area contributed by atoms with Gasteiger partial charge >= 0.3 is 0 Å². The van der Waals surface area contributed by atoms with Crippen LogP contribution >= 0.6 is 28.1 Å². The van der Waals surface area contributed by atoms with Crippen LogP contribution in [0.2, 0.25) is 0 Å². The molecule has 0 bridgehead atoms. The van der Waals surface area contributed by atoms with Crippen LogP contribution < -0.4 is 5.56 Å². The van der Waals surface area contributed by atoms with Crippen LogP contribution in [0.25, 0.3) is 0 Å².